The van der Waals surface area contributed by atoms with E-state index < -0.39 is 0 Å². The van der Waals surface area contributed by atoms with E-state index in [0.29, 0.717) is 5.90 Å². The lowest BCUT2D eigenvalue weighted by Crippen LogP contribution is -2.10. The summed E-state index contributed by atoms with van der Waals surface area (Å²) in [4.78, 5) is 4.67. The van der Waals surface area contributed by atoms with Gasteiger partial charge in [-0.25, -0.2) is 4.99 Å². The molecule has 4 aromatic rings. The fourth-order valence-corrected chi connectivity index (χ4v) is 2.97. The molecule has 0 amide bonds. The lowest BCUT2D eigenvalue weighted by molar-refractivity contribution is 0.473. The molecule has 0 unspecified atom stereocenters. The van der Waals surface area contributed by atoms with E-state index >= 15 is 0 Å². The molecular weight excluding hydrogens is 382 g/mol. The zero-order valence-corrected chi connectivity index (χ0v) is 17.3. The Hall–Kier alpha value is -4.11. The van der Waals surface area contributed by atoms with Gasteiger partial charge < -0.3 is 9.47 Å². The van der Waals surface area contributed by atoms with E-state index in [4.69, 9.17) is 9.47 Å². The summed E-state index contributed by atoms with van der Waals surface area (Å²) in [6, 6.07) is 37.6. The van der Waals surface area contributed by atoms with Crippen molar-refractivity contribution < 1.29 is 9.47 Å². The second-order valence-electron chi connectivity index (χ2n) is 6.98. The van der Waals surface area contributed by atoms with Crippen LogP contribution in [0.3, 0.4) is 0 Å². The Kier molecular flexibility index (Phi) is 6.56. The van der Waals surface area contributed by atoms with E-state index in [0.717, 1.165) is 28.3 Å². The van der Waals surface area contributed by atoms with Crippen molar-refractivity contribution >= 4 is 11.6 Å². The Balaban J connectivity index is 1.53. The number of nitrogens with zero attached hydrogens (tertiary/aromatic N) is 1. The van der Waals surface area contributed by atoms with Crippen LogP contribution >= 0.6 is 0 Å². The SMILES string of the molecule is CC(=COc1ccc(-c2ccccc2)cc1)C(=Nc1ccccc1)Oc1ccccc1. The standard InChI is InChI=1S/C28H23NO2/c1-22(21-30-26-19-17-24(18-20-26)23-11-5-2-6-12-23)28(29-25-13-7-3-8-14-25)31-27-15-9-4-10-16-27/h2-21H,1H3. The number of hydrogen-bond donors (Lipinski definition) is 0. The maximum atomic E-state index is 6.05. The number of aliphatic imine (C=N–C) groups is 1. The van der Waals surface area contributed by atoms with Crippen molar-refractivity contribution in [2.75, 3.05) is 0 Å². The van der Waals surface area contributed by atoms with Crippen molar-refractivity contribution in [1.29, 1.82) is 0 Å². The van der Waals surface area contributed by atoms with E-state index in [1.165, 1.54) is 5.56 Å². The quantitative estimate of drug-likeness (QED) is 0.189. The van der Waals surface area contributed by atoms with Crippen molar-refractivity contribution in [3.63, 3.8) is 0 Å². The molecule has 4 rings (SSSR count). The highest BCUT2D eigenvalue weighted by molar-refractivity contribution is 5.96. The molecule has 3 nitrogen and oxygen atoms in total. The molecule has 0 aromatic heterocycles. The predicted molar refractivity (Wildman–Crippen MR) is 127 cm³/mol. The molecule has 0 bridgehead atoms. The third-order valence-corrected chi connectivity index (χ3v) is 4.62. The van der Waals surface area contributed by atoms with Crippen LogP contribution in [-0.4, -0.2) is 5.90 Å². The topological polar surface area (TPSA) is 30.8 Å². The van der Waals surface area contributed by atoms with Crippen LogP contribution in [0.1, 0.15) is 6.92 Å². The first-order valence-corrected chi connectivity index (χ1v) is 10.1. The van der Waals surface area contributed by atoms with Crippen molar-refractivity contribution in [3.05, 3.63) is 127 Å². The van der Waals surface area contributed by atoms with Gasteiger partial charge in [-0.3, -0.25) is 0 Å². The molecule has 0 aliphatic carbocycles. The van der Waals surface area contributed by atoms with Crippen molar-refractivity contribution in [2.24, 2.45) is 4.99 Å². The predicted octanol–water partition coefficient (Wildman–Crippen LogP) is 7.45. The molecule has 0 fully saturated rings. The lowest BCUT2D eigenvalue weighted by Gasteiger charge is -2.10. The smallest absolute Gasteiger partial charge is 0.225 e. The summed E-state index contributed by atoms with van der Waals surface area (Å²) < 4.78 is 11.9. The third-order valence-electron chi connectivity index (χ3n) is 4.62. The van der Waals surface area contributed by atoms with Crippen LogP contribution in [0.4, 0.5) is 5.69 Å². The van der Waals surface area contributed by atoms with Gasteiger partial charge in [0.1, 0.15) is 11.5 Å². The van der Waals surface area contributed by atoms with Gasteiger partial charge in [-0.1, -0.05) is 78.9 Å². The molecule has 0 aliphatic rings. The van der Waals surface area contributed by atoms with Crippen LogP contribution in [0.25, 0.3) is 11.1 Å². The van der Waals surface area contributed by atoms with E-state index in [-0.39, 0.29) is 0 Å². The highest BCUT2D eigenvalue weighted by atomic mass is 16.5. The molecule has 152 valence electrons. The zero-order valence-electron chi connectivity index (χ0n) is 17.3. The van der Waals surface area contributed by atoms with Crippen LogP contribution < -0.4 is 9.47 Å². The van der Waals surface area contributed by atoms with Gasteiger partial charge in [-0.05, 0) is 54.4 Å². The Labute approximate surface area is 182 Å². The monoisotopic (exact) mass is 405 g/mol. The summed E-state index contributed by atoms with van der Waals surface area (Å²) in [5, 5.41) is 0. The maximum absolute atomic E-state index is 6.05. The Morgan fingerprint density at radius 3 is 1.81 bits per heavy atom. The van der Waals surface area contributed by atoms with Gasteiger partial charge in [-0.15, -0.1) is 0 Å². The van der Waals surface area contributed by atoms with Crippen LogP contribution in [-0.2, 0) is 0 Å². The van der Waals surface area contributed by atoms with Gasteiger partial charge in [-0.2, -0.15) is 0 Å². The molecule has 0 radical (unpaired) electrons. The summed E-state index contributed by atoms with van der Waals surface area (Å²) in [6.45, 7) is 1.92. The summed E-state index contributed by atoms with van der Waals surface area (Å²) in [6.07, 6.45) is 1.67. The number of rotatable bonds is 6. The summed E-state index contributed by atoms with van der Waals surface area (Å²) in [5.74, 6) is 1.95. The van der Waals surface area contributed by atoms with E-state index in [1.807, 2.05) is 110 Å². The highest BCUT2D eigenvalue weighted by Crippen LogP contribution is 2.23. The number of benzene rings is 4. The first kappa shape index (κ1) is 20.2. The molecule has 3 heteroatoms. The summed E-state index contributed by atoms with van der Waals surface area (Å²) >= 11 is 0. The third kappa shape index (κ3) is 5.71. The van der Waals surface area contributed by atoms with Crippen molar-refractivity contribution in [3.8, 4) is 22.6 Å². The zero-order chi connectivity index (χ0) is 21.3. The lowest BCUT2D eigenvalue weighted by atomic mass is 10.1. The largest absolute Gasteiger partial charge is 0.465 e. The minimum atomic E-state index is 0.485. The average Bonchev–Trinajstić information content (AvgIpc) is 2.84. The number of ether oxygens (including phenoxy) is 2. The van der Waals surface area contributed by atoms with Crippen LogP contribution in [0.15, 0.2) is 132 Å². The van der Waals surface area contributed by atoms with E-state index in [9.17, 15) is 0 Å². The van der Waals surface area contributed by atoms with E-state index in [1.54, 1.807) is 6.26 Å². The molecule has 31 heavy (non-hydrogen) atoms. The van der Waals surface area contributed by atoms with Gasteiger partial charge in [0, 0.05) is 5.57 Å². The number of hydrogen-bond acceptors (Lipinski definition) is 3. The molecule has 0 aliphatic heterocycles. The Bertz CT molecular complexity index is 1150. The Morgan fingerprint density at radius 2 is 1.16 bits per heavy atom. The molecule has 0 saturated carbocycles. The molecule has 0 atom stereocenters. The first-order chi connectivity index (χ1) is 15.3. The minimum Gasteiger partial charge on any atom is -0.465 e. The average molecular weight is 405 g/mol. The first-order valence-electron chi connectivity index (χ1n) is 10.1. The minimum absolute atomic E-state index is 0.485. The molecule has 0 saturated heterocycles. The van der Waals surface area contributed by atoms with Crippen molar-refractivity contribution in [1.82, 2.24) is 0 Å². The second-order valence-corrected chi connectivity index (χ2v) is 6.98. The summed E-state index contributed by atoms with van der Waals surface area (Å²) in [5.41, 5.74) is 3.91. The van der Waals surface area contributed by atoms with Gasteiger partial charge in [0.15, 0.2) is 0 Å². The molecular formula is C28H23NO2. The molecule has 4 aromatic carbocycles. The van der Waals surface area contributed by atoms with Crippen LogP contribution in [0.2, 0.25) is 0 Å². The fraction of sp³-hybridized carbons (Fsp3) is 0.0357. The molecule has 0 N–H and O–H groups in total. The molecule has 0 heterocycles. The van der Waals surface area contributed by atoms with Gasteiger partial charge in [0.25, 0.3) is 0 Å². The van der Waals surface area contributed by atoms with Gasteiger partial charge >= 0.3 is 0 Å². The Morgan fingerprint density at radius 1 is 0.613 bits per heavy atom. The fourth-order valence-electron chi connectivity index (χ4n) is 2.97. The summed E-state index contributed by atoms with van der Waals surface area (Å²) in [7, 11) is 0. The molecule has 0 spiro atoms. The van der Waals surface area contributed by atoms with Crippen molar-refractivity contribution in [2.45, 2.75) is 6.92 Å². The van der Waals surface area contributed by atoms with Crippen LogP contribution in [0.5, 0.6) is 11.5 Å². The normalized spacial score (nSPS) is 11.8. The van der Waals surface area contributed by atoms with Gasteiger partial charge in [0.2, 0.25) is 5.90 Å². The second kappa shape index (κ2) is 10.1. The number of para-hydroxylation sites is 2. The van der Waals surface area contributed by atoms with Crippen LogP contribution in [0, 0.1) is 0 Å². The van der Waals surface area contributed by atoms with Gasteiger partial charge in [0.05, 0.1) is 11.9 Å². The maximum Gasteiger partial charge on any atom is 0.225 e. The highest BCUT2D eigenvalue weighted by Gasteiger charge is 2.08. The van der Waals surface area contributed by atoms with E-state index in [2.05, 4.69) is 17.1 Å².